The third-order valence-electron chi connectivity index (χ3n) is 4.54. The van der Waals surface area contributed by atoms with Crippen molar-refractivity contribution in [3.8, 4) is 0 Å². The van der Waals surface area contributed by atoms with Gasteiger partial charge < -0.3 is 11.1 Å². The predicted molar refractivity (Wildman–Crippen MR) is 112 cm³/mol. The predicted octanol–water partition coefficient (Wildman–Crippen LogP) is 5.05. The lowest BCUT2D eigenvalue weighted by molar-refractivity contribution is 0.0926. The second-order valence-electron chi connectivity index (χ2n) is 6.52. The van der Waals surface area contributed by atoms with Crippen LogP contribution in [0, 0.1) is 0 Å². The van der Waals surface area contributed by atoms with Crippen LogP contribution in [0.5, 0.6) is 0 Å². The highest BCUT2D eigenvalue weighted by molar-refractivity contribution is 7.98. The lowest BCUT2D eigenvalue weighted by Gasteiger charge is -2.26. The van der Waals surface area contributed by atoms with Crippen LogP contribution in [0.15, 0.2) is 53.4 Å². The molecular formula is C20H24Cl2N2OS. The highest BCUT2D eigenvalue weighted by Gasteiger charge is 2.20. The van der Waals surface area contributed by atoms with Crippen LogP contribution in [-0.2, 0) is 5.75 Å². The van der Waals surface area contributed by atoms with Gasteiger partial charge in [-0.15, -0.1) is 24.2 Å². The highest BCUT2D eigenvalue weighted by Crippen LogP contribution is 2.24. The van der Waals surface area contributed by atoms with E-state index < -0.39 is 0 Å². The van der Waals surface area contributed by atoms with Crippen molar-refractivity contribution in [1.29, 1.82) is 0 Å². The number of carbonyl (C=O) groups is 1. The standard InChI is InChI=1S/C20H23ClN2OS.ClH/c21-16-5-11-19(12-6-16)25-13-14-1-3-15(4-2-14)20(24)23-18-9-7-17(22)8-10-18;/h1-6,11-12,17-18H,7-10,13,22H2,(H,23,24);1H. The molecular weight excluding hydrogens is 387 g/mol. The van der Waals surface area contributed by atoms with Crippen molar-refractivity contribution < 1.29 is 4.79 Å². The molecule has 6 heteroatoms. The smallest absolute Gasteiger partial charge is 0.251 e. The van der Waals surface area contributed by atoms with Crippen LogP contribution in [0.4, 0.5) is 0 Å². The molecule has 1 amide bonds. The van der Waals surface area contributed by atoms with E-state index in [0.717, 1.165) is 42.0 Å². The molecule has 3 N–H and O–H groups in total. The number of thioether (sulfide) groups is 1. The molecule has 1 saturated carbocycles. The van der Waals surface area contributed by atoms with Gasteiger partial charge in [-0.05, 0) is 67.6 Å². The Hall–Kier alpha value is -1.20. The summed E-state index contributed by atoms with van der Waals surface area (Å²) in [7, 11) is 0. The topological polar surface area (TPSA) is 55.1 Å². The van der Waals surface area contributed by atoms with Crippen molar-refractivity contribution in [3.63, 3.8) is 0 Å². The minimum atomic E-state index is 0. The van der Waals surface area contributed by atoms with Gasteiger partial charge in [-0.3, -0.25) is 4.79 Å². The van der Waals surface area contributed by atoms with Gasteiger partial charge in [0.25, 0.3) is 5.91 Å². The SMILES string of the molecule is Cl.NC1CCC(NC(=O)c2ccc(CSc3ccc(Cl)cc3)cc2)CC1. The average Bonchev–Trinajstić information content (AvgIpc) is 2.63. The van der Waals surface area contributed by atoms with E-state index in [-0.39, 0.29) is 24.4 Å². The minimum Gasteiger partial charge on any atom is -0.349 e. The molecule has 0 aliphatic heterocycles. The van der Waals surface area contributed by atoms with Crippen LogP contribution in [0.1, 0.15) is 41.6 Å². The summed E-state index contributed by atoms with van der Waals surface area (Å²) in [5, 5.41) is 3.88. The molecule has 0 spiro atoms. The molecule has 2 aromatic carbocycles. The van der Waals surface area contributed by atoms with E-state index in [2.05, 4.69) is 5.32 Å². The molecule has 26 heavy (non-hydrogen) atoms. The maximum absolute atomic E-state index is 12.4. The Kier molecular flexibility index (Phi) is 8.29. The first-order valence-electron chi connectivity index (χ1n) is 8.64. The molecule has 1 aliphatic rings. The number of carbonyl (C=O) groups excluding carboxylic acids is 1. The van der Waals surface area contributed by atoms with Gasteiger partial charge >= 0.3 is 0 Å². The number of amides is 1. The number of rotatable bonds is 5. The van der Waals surface area contributed by atoms with Crippen molar-refractivity contribution in [2.24, 2.45) is 5.73 Å². The lowest BCUT2D eigenvalue weighted by Crippen LogP contribution is -2.40. The maximum Gasteiger partial charge on any atom is 0.251 e. The average molecular weight is 411 g/mol. The molecule has 0 heterocycles. The van der Waals surface area contributed by atoms with E-state index in [9.17, 15) is 4.79 Å². The monoisotopic (exact) mass is 410 g/mol. The lowest BCUT2D eigenvalue weighted by atomic mass is 9.91. The quantitative estimate of drug-likeness (QED) is 0.677. The largest absolute Gasteiger partial charge is 0.349 e. The van der Waals surface area contributed by atoms with Crippen molar-refractivity contribution in [2.45, 2.75) is 48.4 Å². The molecule has 0 atom stereocenters. The highest BCUT2D eigenvalue weighted by atomic mass is 35.5. The summed E-state index contributed by atoms with van der Waals surface area (Å²) in [6.45, 7) is 0. The molecule has 140 valence electrons. The van der Waals surface area contributed by atoms with Gasteiger partial charge in [-0.1, -0.05) is 23.7 Å². The summed E-state index contributed by atoms with van der Waals surface area (Å²) >= 11 is 7.65. The number of nitrogens with two attached hydrogens (primary N) is 1. The summed E-state index contributed by atoms with van der Waals surface area (Å²) in [6.07, 6.45) is 3.93. The van der Waals surface area contributed by atoms with Gasteiger partial charge in [0.1, 0.15) is 0 Å². The molecule has 0 radical (unpaired) electrons. The van der Waals surface area contributed by atoms with Crippen molar-refractivity contribution in [1.82, 2.24) is 5.32 Å². The third-order valence-corrected chi connectivity index (χ3v) is 5.88. The Labute approximate surface area is 170 Å². The molecule has 0 aromatic heterocycles. The molecule has 0 saturated heterocycles. The van der Waals surface area contributed by atoms with E-state index in [1.165, 1.54) is 10.5 Å². The Morgan fingerprint density at radius 1 is 1.04 bits per heavy atom. The fourth-order valence-corrected chi connectivity index (χ4v) is 3.96. The summed E-state index contributed by atoms with van der Waals surface area (Å²) in [5.74, 6) is 0.877. The van der Waals surface area contributed by atoms with Crippen molar-refractivity contribution in [2.75, 3.05) is 0 Å². The fourth-order valence-electron chi connectivity index (χ4n) is 2.98. The Morgan fingerprint density at radius 3 is 2.27 bits per heavy atom. The number of benzene rings is 2. The van der Waals surface area contributed by atoms with Crippen LogP contribution in [0.3, 0.4) is 0 Å². The van der Waals surface area contributed by atoms with Crippen molar-refractivity contribution >= 4 is 41.7 Å². The first-order chi connectivity index (χ1) is 12.1. The molecule has 1 aliphatic carbocycles. The van der Waals surface area contributed by atoms with Gasteiger partial charge in [0, 0.05) is 33.3 Å². The van der Waals surface area contributed by atoms with Crippen LogP contribution in [0.2, 0.25) is 5.02 Å². The minimum absolute atomic E-state index is 0. The second-order valence-corrected chi connectivity index (χ2v) is 8.01. The molecule has 0 unspecified atom stereocenters. The van der Waals surface area contributed by atoms with Gasteiger partial charge in [-0.25, -0.2) is 0 Å². The van der Waals surface area contributed by atoms with Crippen LogP contribution in [0.25, 0.3) is 0 Å². The second kappa shape index (κ2) is 10.2. The summed E-state index contributed by atoms with van der Waals surface area (Å²) in [4.78, 5) is 13.5. The Morgan fingerprint density at radius 2 is 1.65 bits per heavy atom. The molecule has 0 bridgehead atoms. The van der Waals surface area contributed by atoms with Crippen LogP contribution >= 0.6 is 35.8 Å². The molecule has 3 rings (SSSR count). The zero-order chi connectivity index (χ0) is 17.6. The number of hydrogen-bond donors (Lipinski definition) is 2. The van der Waals surface area contributed by atoms with Crippen LogP contribution < -0.4 is 11.1 Å². The van der Waals surface area contributed by atoms with E-state index in [1.54, 1.807) is 11.8 Å². The fraction of sp³-hybridized carbons (Fsp3) is 0.350. The van der Waals surface area contributed by atoms with E-state index in [4.69, 9.17) is 17.3 Å². The number of nitrogens with one attached hydrogen (secondary N) is 1. The van der Waals surface area contributed by atoms with Crippen molar-refractivity contribution in [3.05, 3.63) is 64.7 Å². The first kappa shape index (κ1) is 21.1. The zero-order valence-electron chi connectivity index (χ0n) is 14.5. The summed E-state index contributed by atoms with van der Waals surface area (Å²) < 4.78 is 0. The number of halogens is 2. The number of hydrogen-bond acceptors (Lipinski definition) is 3. The van der Waals surface area contributed by atoms with E-state index in [0.29, 0.717) is 6.04 Å². The molecule has 3 nitrogen and oxygen atoms in total. The summed E-state index contributed by atoms with van der Waals surface area (Å²) in [6, 6.07) is 16.2. The first-order valence-corrected chi connectivity index (χ1v) is 10.0. The van der Waals surface area contributed by atoms with E-state index in [1.807, 2.05) is 48.5 Å². The Bertz CT molecular complexity index is 699. The van der Waals surface area contributed by atoms with Gasteiger partial charge in [-0.2, -0.15) is 0 Å². The normalized spacial score (nSPS) is 19.5. The summed E-state index contributed by atoms with van der Waals surface area (Å²) in [5.41, 5.74) is 7.82. The molecule has 2 aromatic rings. The zero-order valence-corrected chi connectivity index (χ0v) is 16.9. The van der Waals surface area contributed by atoms with E-state index >= 15 is 0 Å². The third kappa shape index (κ3) is 6.20. The van der Waals surface area contributed by atoms with Gasteiger partial charge in [0.05, 0.1) is 0 Å². The van der Waals surface area contributed by atoms with Crippen LogP contribution in [-0.4, -0.2) is 18.0 Å². The van der Waals surface area contributed by atoms with Gasteiger partial charge in [0.2, 0.25) is 0 Å². The maximum atomic E-state index is 12.4. The van der Waals surface area contributed by atoms with Gasteiger partial charge in [0.15, 0.2) is 0 Å². The molecule has 1 fully saturated rings. The Balaban J connectivity index is 0.00000243.